The molecule has 29 heavy (non-hydrogen) atoms. The Morgan fingerprint density at radius 2 is 2.00 bits per heavy atom. The number of carbonyl (C=O) groups is 4. The molecule has 5 amide bonds. The second kappa shape index (κ2) is 7.50. The predicted octanol–water partition coefficient (Wildman–Crippen LogP) is 2.02. The number of nitrogens with one attached hydrogen (secondary N) is 3. The number of urea groups is 1. The molecule has 0 aromatic heterocycles. The summed E-state index contributed by atoms with van der Waals surface area (Å²) in [6, 6.07) is 6.35. The molecule has 3 fully saturated rings. The molecular formula is C21H26N4O4. The van der Waals surface area contributed by atoms with Crippen molar-refractivity contribution in [3.63, 3.8) is 0 Å². The second-order valence-electron chi connectivity index (χ2n) is 8.32. The van der Waals surface area contributed by atoms with Gasteiger partial charge in [0.05, 0.1) is 0 Å². The van der Waals surface area contributed by atoms with Crippen LogP contribution in [0.15, 0.2) is 24.3 Å². The largest absolute Gasteiger partial charge is 0.349 e. The lowest BCUT2D eigenvalue weighted by atomic mass is 9.73. The first kappa shape index (κ1) is 19.4. The monoisotopic (exact) mass is 398 g/mol. The van der Waals surface area contributed by atoms with Gasteiger partial charge in [0.2, 0.25) is 5.91 Å². The Morgan fingerprint density at radius 1 is 1.21 bits per heavy atom. The lowest BCUT2D eigenvalue weighted by Crippen LogP contribution is -2.54. The van der Waals surface area contributed by atoms with Gasteiger partial charge in [-0.15, -0.1) is 0 Å². The highest BCUT2D eigenvalue weighted by Crippen LogP contribution is 2.38. The molecule has 3 aliphatic rings. The zero-order valence-corrected chi connectivity index (χ0v) is 16.5. The number of benzene rings is 1. The topological polar surface area (TPSA) is 108 Å². The third-order valence-corrected chi connectivity index (χ3v) is 6.12. The van der Waals surface area contributed by atoms with Gasteiger partial charge in [-0.25, -0.2) is 4.79 Å². The van der Waals surface area contributed by atoms with Crippen LogP contribution in [-0.4, -0.2) is 46.8 Å². The first-order valence-electron chi connectivity index (χ1n) is 10.2. The van der Waals surface area contributed by atoms with Crippen LogP contribution in [0.5, 0.6) is 0 Å². The number of nitrogens with zero attached hydrogens (tertiary/aromatic N) is 1. The summed E-state index contributed by atoms with van der Waals surface area (Å²) in [4.78, 5) is 51.0. The highest BCUT2D eigenvalue weighted by molar-refractivity contribution is 6.10. The van der Waals surface area contributed by atoms with E-state index in [0.717, 1.165) is 37.0 Å². The van der Waals surface area contributed by atoms with Crippen LogP contribution in [0.25, 0.3) is 0 Å². The molecule has 154 valence electrons. The van der Waals surface area contributed by atoms with E-state index in [2.05, 4.69) is 16.0 Å². The molecule has 3 N–H and O–H groups in total. The van der Waals surface area contributed by atoms with Crippen molar-refractivity contribution in [3.05, 3.63) is 29.8 Å². The Bertz CT molecular complexity index is 866. The highest BCUT2D eigenvalue weighted by Gasteiger charge is 2.55. The summed E-state index contributed by atoms with van der Waals surface area (Å²) in [6.45, 7) is 1.62. The molecule has 1 aliphatic heterocycles. The van der Waals surface area contributed by atoms with E-state index in [1.54, 1.807) is 24.3 Å². The fourth-order valence-electron chi connectivity index (χ4n) is 4.22. The number of rotatable bonds is 5. The van der Waals surface area contributed by atoms with Gasteiger partial charge in [-0.3, -0.25) is 19.3 Å². The van der Waals surface area contributed by atoms with Crippen LogP contribution in [0.3, 0.4) is 0 Å². The number of anilines is 1. The Morgan fingerprint density at radius 3 is 2.72 bits per heavy atom. The van der Waals surface area contributed by atoms with E-state index < -0.39 is 17.5 Å². The summed E-state index contributed by atoms with van der Waals surface area (Å²) in [5.41, 5.74) is 0.0297. The Balaban J connectivity index is 1.40. The number of hydrogen-bond acceptors (Lipinski definition) is 4. The molecule has 1 aromatic carbocycles. The average molecular weight is 398 g/mol. The molecule has 0 unspecified atom stereocenters. The molecule has 1 spiro atoms. The molecule has 2 aliphatic carbocycles. The third kappa shape index (κ3) is 3.83. The van der Waals surface area contributed by atoms with Crippen LogP contribution >= 0.6 is 0 Å². The van der Waals surface area contributed by atoms with Gasteiger partial charge in [-0.2, -0.15) is 0 Å². The first-order chi connectivity index (χ1) is 13.9. The molecule has 1 saturated heterocycles. The van der Waals surface area contributed by atoms with Crippen molar-refractivity contribution >= 4 is 29.4 Å². The van der Waals surface area contributed by atoms with Crippen molar-refractivity contribution < 1.29 is 19.2 Å². The second-order valence-corrected chi connectivity index (χ2v) is 8.32. The summed E-state index contributed by atoms with van der Waals surface area (Å²) in [7, 11) is 0. The SMILES string of the molecule is C[C@H]1CCCC[C@@]12NC(=O)N(CC(=O)Nc1cccc(C(=O)NC3CC3)c1)C2=O. The number of imide groups is 1. The molecule has 0 bridgehead atoms. The first-order valence-corrected chi connectivity index (χ1v) is 10.2. The molecule has 2 atom stereocenters. The zero-order chi connectivity index (χ0) is 20.6. The summed E-state index contributed by atoms with van der Waals surface area (Å²) in [5.74, 6) is -0.926. The van der Waals surface area contributed by atoms with Gasteiger partial charge < -0.3 is 16.0 Å². The Hall–Kier alpha value is -2.90. The van der Waals surface area contributed by atoms with Gasteiger partial charge in [0.25, 0.3) is 11.8 Å². The Labute approximate surface area is 169 Å². The van der Waals surface area contributed by atoms with Crippen molar-refractivity contribution in [2.75, 3.05) is 11.9 Å². The molecule has 4 rings (SSSR count). The molecular weight excluding hydrogens is 372 g/mol. The summed E-state index contributed by atoms with van der Waals surface area (Å²) < 4.78 is 0. The smallest absolute Gasteiger partial charge is 0.325 e. The van der Waals surface area contributed by atoms with Gasteiger partial charge in [-0.05, 0) is 49.8 Å². The summed E-state index contributed by atoms with van der Waals surface area (Å²) in [5, 5.41) is 8.43. The predicted molar refractivity (Wildman–Crippen MR) is 106 cm³/mol. The minimum atomic E-state index is -0.879. The van der Waals surface area contributed by atoms with Crippen molar-refractivity contribution in [1.82, 2.24) is 15.5 Å². The fraction of sp³-hybridized carbons (Fsp3) is 0.524. The number of amides is 5. The average Bonchev–Trinajstić information content (AvgIpc) is 3.47. The van der Waals surface area contributed by atoms with Crippen LogP contribution in [-0.2, 0) is 9.59 Å². The van der Waals surface area contributed by atoms with Crippen molar-refractivity contribution in [2.24, 2.45) is 5.92 Å². The fourth-order valence-corrected chi connectivity index (χ4v) is 4.22. The maximum absolute atomic E-state index is 13.0. The van der Waals surface area contributed by atoms with E-state index in [-0.39, 0.29) is 30.3 Å². The third-order valence-electron chi connectivity index (χ3n) is 6.12. The standard InChI is InChI=1S/C21H26N4O4/c1-13-5-2-3-10-21(13)19(28)25(20(29)24-21)12-17(26)22-16-7-4-6-14(11-16)18(27)23-15-8-9-15/h4,6-7,11,13,15H,2-3,5,8-10,12H2,1H3,(H,22,26)(H,23,27)(H,24,29)/t13-,21+/m0/s1. The van der Waals surface area contributed by atoms with E-state index in [4.69, 9.17) is 0 Å². The minimum absolute atomic E-state index is 0.0439. The van der Waals surface area contributed by atoms with E-state index >= 15 is 0 Å². The van der Waals surface area contributed by atoms with E-state index in [9.17, 15) is 19.2 Å². The number of carbonyl (C=O) groups excluding carboxylic acids is 4. The van der Waals surface area contributed by atoms with Gasteiger partial charge >= 0.3 is 6.03 Å². The lowest BCUT2D eigenvalue weighted by Gasteiger charge is -2.36. The van der Waals surface area contributed by atoms with Gasteiger partial charge in [0.15, 0.2) is 0 Å². The van der Waals surface area contributed by atoms with Crippen LogP contribution in [0.1, 0.15) is 55.8 Å². The molecule has 1 heterocycles. The maximum Gasteiger partial charge on any atom is 0.325 e. The minimum Gasteiger partial charge on any atom is -0.349 e. The van der Waals surface area contributed by atoms with Gasteiger partial charge in [0, 0.05) is 17.3 Å². The van der Waals surface area contributed by atoms with Crippen LogP contribution in [0, 0.1) is 5.92 Å². The molecule has 8 heteroatoms. The van der Waals surface area contributed by atoms with Gasteiger partial charge in [-0.1, -0.05) is 25.8 Å². The quantitative estimate of drug-likeness (QED) is 0.660. The highest BCUT2D eigenvalue weighted by atomic mass is 16.2. The van der Waals surface area contributed by atoms with Crippen molar-refractivity contribution in [2.45, 2.75) is 57.0 Å². The summed E-state index contributed by atoms with van der Waals surface area (Å²) in [6.07, 6.45) is 5.39. The zero-order valence-electron chi connectivity index (χ0n) is 16.5. The lowest BCUT2D eigenvalue weighted by molar-refractivity contribution is -0.136. The van der Waals surface area contributed by atoms with E-state index in [1.165, 1.54) is 0 Å². The maximum atomic E-state index is 13.0. The van der Waals surface area contributed by atoms with Crippen LogP contribution in [0.4, 0.5) is 10.5 Å². The number of hydrogen-bond donors (Lipinski definition) is 3. The molecule has 1 aromatic rings. The molecule has 2 saturated carbocycles. The normalized spacial score (nSPS) is 26.4. The van der Waals surface area contributed by atoms with Crippen molar-refractivity contribution in [1.29, 1.82) is 0 Å². The Kier molecular flexibility index (Phi) is 5.02. The van der Waals surface area contributed by atoms with E-state index in [0.29, 0.717) is 17.7 Å². The van der Waals surface area contributed by atoms with Crippen LogP contribution < -0.4 is 16.0 Å². The van der Waals surface area contributed by atoms with Crippen molar-refractivity contribution in [3.8, 4) is 0 Å². The van der Waals surface area contributed by atoms with E-state index in [1.807, 2.05) is 6.92 Å². The molecule has 8 nitrogen and oxygen atoms in total. The van der Waals surface area contributed by atoms with Gasteiger partial charge in [0.1, 0.15) is 12.1 Å². The summed E-state index contributed by atoms with van der Waals surface area (Å²) >= 11 is 0. The molecule has 0 radical (unpaired) electrons. The van der Waals surface area contributed by atoms with Crippen LogP contribution in [0.2, 0.25) is 0 Å².